The molecule has 78 valence electrons. The second-order valence-electron chi connectivity index (χ2n) is 2.71. The van der Waals surface area contributed by atoms with Crippen LogP contribution in [0.2, 0.25) is 0 Å². The summed E-state index contributed by atoms with van der Waals surface area (Å²) in [6, 6.07) is 9.74. The number of halogens is 2. The Bertz CT molecular complexity index is 310. The van der Waals surface area contributed by atoms with Crippen molar-refractivity contribution in [2.75, 3.05) is 6.16 Å². The van der Waals surface area contributed by atoms with Crippen LogP contribution in [-0.4, -0.2) is 6.16 Å². The zero-order chi connectivity index (χ0) is 10.4. The lowest BCUT2D eigenvalue weighted by atomic mass is 10.2. The van der Waals surface area contributed by atoms with Gasteiger partial charge in [-0.3, -0.25) is 4.57 Å². The van der Waals surface area contributed by atoms with E-state index in [-0.39, 0.29) is 0 Å². The maximum Gasteiger partial charge on any atom is 0.352 e. The van der Waals surface area contributed by atoms with Crippen molar-refractivity contribution in [3.63, 3.8) is 0 Å². The van der Waals surface area contributed by atoms with Gasteiger partial charge < -0.3 is 0 Å². The van der Waals surface area contributed by atoms with E-state index in [1.165, 1.54) is 0 Å². The van der Waals surface area contributed by atoms with E-state index < -0.39 is 7.60 Å². The Labute approximate surface area is 100 Å². The predicted molar refractivity (Wildman–Crippen MR) is 62.6 cm³/mol. The van der Waals surface area contributed by atoms with Crippen LogP contribution in [0.25, 0.3) is 0 Å². The number of hydrogen-bond acceptors (Lipinski definition) is 3. The molecule has 0 saturated carbocycles. The molecule has 0 bridgehead atoms. The molecule has 0 aliphatic rings. The molecule has 0 N–H and O–H groups in total. The molecule has 0 radical (unpaired) electrons. The van der Waals surface area contributed by atoms with E-state index in [4.69, 9.17) is 0 Å². The third-order valence-electron chi connectivity index (χ3n) is 1.73. The van der Waals surface area contributed by atoms with Gasteiger partial charge in [0, 0.05) is 0 Å². The summed E-state index contributed by atoms with van der Waals surface area (Å²) in [7, 11) is -3.01. The van der Waals surface area contributed by atoms with Crippen molar-refractivity contribution in [1.82, 2.24) is 0 Å². The first-order valence-corrected chi connectivity index (χ1v) is 6.96. The van der Waals surface area contributed by atoms with Crippen LogP contribution in [0.3, 0.4) is 0 Å². The highest BCUT2D eigenvalue weighted by molar-refractivity contribution is 9.07. The van der Waals surface area contributed by atoms with Crippen molar-refractivity contribution in [3.05, 3.63) is 35.9 Å². The lowest BCUT2D eigenvalue weighted by molar-refractivity contribution is 0.446. The van der Waals surface area contributed by atoms with Crippen molar-refractivity contribution in [3.8, 4) is 0 Å². The van der Waals surface area contributed by atoms with E-state index in [9.17, 15) is 4.57 Å². The number of rotatable bonds is 5. The summed E-state index contributed by atoms with van der Waals surface area (Å²) in [6.45, 7) is 0. The molecule has 0 aromatic heterocycles. The van der Waals surface area contributed by atoms with Gasteiger partial charge in [-0.05, 0) is 12.0 Å². The highest BCUT2D eigenvalue weighted by Gasteiger charge is 2.22. The summed E-state index contributed by atoms with van der Waals surface area (Å²) in [5.41, 5.74) is 1.10. The van der Waals surface area contributed by atoms with Crippen LogP contribution in [0, 0.1) is 0 Å². The Morgan fingerprint density at radius 1 is 1.14 bits per heavy atom. The van der Waals surface area contributed by atoms with Gasteiger partial charge in [-0.25, -0.2) is 7.23 Å². The lowest BCUT2D eigenvalue weighted by Crippen LogP contribution is -1.94. The molecule has 0 fully saturated rings. The summed E-state index contributed by atoms with van der Waals surface area (Å²) in [5, 5.41) is 0. The fraction of sp³-hybridized carbons (Fsp3) is 0.250. The minimum absolute atomic E-state index is 0.327. The molecular weight excluding hydrogens is 335 g/mol. The molecule has 14 heavy (non-hydrogen) atoms. The minimum Gasteiger partial charge on any atom is -0.258 e. The number of benzene rings is 1. The van der Waals surface area contributed by atoms with Crippen LogP contribution >= 0.6 is 40.1 Å². The summed E-state index contributed by atoms with van der Waals surface area (Å²) >= 11 is 5.38. The van der Waals surface area contributed by atoms with E-state index in [1.54, 1.807) is 0 Å². The first-order chi connectivity index (χ1) is 6.70. The van der Waals surface area contributed by atoms with Gasteiger partial charge in [-0.15, -0.1) is 0 Å². The molecule has 0 atom stereocenters. The van der Waals surface area contributed by atoms with Crippen LogP contribution in [0.15, 0.2) is 30.3 Å². The molecule has 1 aromatic rings. The van der Waals surface area contributed by atoms with E-state index >= 15 is 0 Å². The summed E-state index contributed by atoms with van der Waals surface area (Å²) in [6.07, 6.45) is 0.975. The summed E-state index contributed by atoms with van der Waals surface area (Å²) in [5.74, 6) is 0. The third-order valence-corrected chi connectivity index (χ3v) is 5.57. The SMILES string of the molecule is O=P(CCc1ccccc1)(OBr)OBr. The van der Waals surface area contributed by atoms with Gasteiger partial charge in [0.25, 0.3) is 0 Å². The first kappa shape index (κ1) is 12.4. The fourth-order valence-corrected chi connectivity index (χ4v) is 3.38. The Morgan fingerprint density at radius 3 is 2.21 bits per heavy atom. The van der Waals surface area contributed by atoms with Crippen LogP contribution in [0.1, 0.15) is 5.56 Å². The highest BCUT2D eigenvalue weighted by Crippen LogP contribution is 2.52. The maximum absolute atomic E-state index is 11.6. The molecule has 3 nitrogen and oxygen atoms in total. The van der Waals surface area contributed by atoms with Crippen LogP contribution in [-0.2, 0) is 18.2 Å². The summed E-state index contributed by atoms with van der Waals surface area (Å²) in [4.78, 5) is 0. The first-order valence-electron chi connectivity index (χ1n) is 3.94. The van der Waals surface area contributed by atoms with E-state index in [1.807, 2.05) is 30.3 Å². The third kappa shape index (κ3) is 3.83. The Morgan fingerprint density at radius 2 is 1.71 bits per heavy atom. The molecule has 0 unspecified atom stereocenters. The Balaban J connectivity index is 2.52. The molecule has 0 heterocycles. The van der Waals surface area contributed by atoms with Gasteiger partial charge in [-0.2, -0.15) is 0 Å². The van der Waals surface area contributed by atoms with Crippen molar-refractivity contribution in [1.29, 1.82) is 0 Å². The van der Waals surface area contributed by atoms with Crippen molar-refractivity contribution >= 4 is 40.1 Å². The number of aryl methyl sites for hydroxylation is 1. The molecule has 1 aromatic carbocycles. The molecule has 0 aliphatic heterocycles. The van der Waals surface area contributed by atoms with E-state index in [2.05, 4.69) is 39.7 Å². The highest BCUT2D eigenvalue weighted by atomic mass is 79.9. The lowest BCUT2D eigenvalue weighted by Gasteiger charge is -2.09. The van der Waals surface area contributed by atoms with Gasteiger partial charge in [0.2, 0.25) is 0 Å². The van der Waals surface area contributed by atoms with Crippen LogP contribution in [0.4, 0.5) is 0 Å². The van der Waals surface area contributed by atoms with Gasteiger partial charge in [0.1, 0.15) is 32.5 Å². The molecule has 0 saturated heterocycles. The molecule has 0 aliphatic carbocycles. The van der Waals surface area contributed by atoms with Crippen molar-refractivity contribution in [2.24, 2.45) is 0 Å². The van der Waals surface area contributed by atoms with Gasteiger partial charge in [0.15, 0.2) is 0 Å². The topological polar surface area (TPSA) is 35.5 Å². The fourth-order valence-electron chi connectivity index (χ4n) is 0.990. The number of hydrogen-bond donors (Lipinski definition) is 0. The Hall–Kier alpha value is 0.330. The summed E-state index contributed by atoms with van der Waals surface area (Å²) < 4.78 is 20.8. The molecule has 1 rings (SSSR count). The van der Waals surface area contributed by atoms with E-state index in [0.29, 0.717) is 12.6 Å². The van der Waals surface area contributed by atoms with Crippen LogP contribution < -0.4 is 0 Å². The normalized spacial score (nSPS) is 11.6. The molecular formula is C8H9Br2O3P. The molecule has 6 heteroatoms. The van der Waals surface area contributed by atoms with Crippen LogP contribution in [0.5, 0.6) is 0 Å². The minimum atomic E-state index is -3.01. The van der Waals surface area contributed by atoms with Crippen molar-refractivity contribution in [2.45, 2.75) is 6.42 Å². The molecule has 0 amide bonds. The Kier molecular flexibility index (Phi) is 5.34. The molecule has 0 spiro atoms. The zero-order valence-corrected chi connectivity index (χ0v) is 11.3. The zero-order valence-electron chi connectivity index (χ0n) is 7.23. The maximum atomic E-state index is 11.6. The average Bonchev–Trinajstić information content (AvgIpc) is 2.27. The van der Waals surface area contributed by atoms with Gasteiger partial charge in [0.05, 0.1) is 6.16 Å². The monoisotopic (exact) mass is 342 g/mol. The van der Waals surface area contributed by atoms with E-state index in [0.717, 1.165) is 5.56 Å². The van der Waals surface area contributed by atoms with Gasteiger partial charge >= 0.3 is 7.60 Å². The predicted octanol–water partition coefficient (Wildman–Crippen LogP) is 4.08. The average molecular weight is 344 g/mol. The largest absolute Gasteiger partial charge is 0.352 e. The second-order valence-corrected chi connectivity index (χ2v) is 6.39. The smallest absolute Gasteiger partial charge is 0.258 e. The van der Waals surface area contributed by atoms with Crippen molar-refractivity contribution < 1.29 is 11.8 Å². The van der Waals surface area contributed by atoms with Gasteiger partial charge in [-0.1, -0.05) is 30.3 Å². The second kappa shape index (κ2) is 6.03. The quantitative estimate of drug-likeness (QED) is 0.756. The standard InChI is InChI=1S/C8H9Br2O3P/c9-12-14(11,13-10)7-6-8-4-2-1-3-5-8/h1-5H,6-7H2.